The number of ketones is 1. The SMILES string of the molecule is Cc1cc(C(=O)CCl)c(C)n1N1C(C)CCCC1C. The summed E-state index contributed by atoms with van der Waals surface area (Å²) in [7, 11) is 0. The lowest BCUT2D eigenvalue weighted by molar-refractivity contribution is 0.102. The third-order valence-electron chi connectivity index (χ3n) is 4.19. The Bertz CT molecular complexity index is 471. The van der Waals surface area contributed by atoms with Crippen LogP contribution in [0, 0.1) is 13.8 Å². The predicted octanol–water partition coefficient (Wildman–Crippen LogP) is 3.43. The number of Topliss-reactive ketones (excluding diaryl/α,β-unsaturated/α-hetero) is 1. The zero-order valence-corrected chi connectivity index (χ0v) is 13.0. The first-order chi connectivity index (χ1) is 8.97. The van der Waals surface area contributed by atoms with Crippen LogP contribution in [0.15, 0.2) is 6.07 Å². The fourth-order valence-corrected chi connectivity index (χ4v) is 3.41. The van der Waals surface area contributed by atoms with Crippen molar-refractivity contribution in [3.63, 3.8) is 0 Å². The molecule has 0 aliphatic carbocycles. The molecule has 1 aromatic rings. The molecule has 4 heteroatoms. The summed E-state index contributed by atoms with van der Waals surface area (Å²) in [6, 6.07) is 2.98. The van der Waals surface area contributed by atoms with Gasteiger partial charge in [-0.1, -0.05) is 0 Å². The molecule has 19 heavy (non-hydrogen) atoms. The number of aromatic nitrogens is 1. The van der Waals surface area contributed by atoms with Crippen LogP contribution in [0.25, 0.3) is 0 Å². The first kappa shape index (κ1) is 14.4. The molecule has 2 rings (SSSR count). The van der Waals surface area contributed by atoms with Crippen molar-refractivity contribution in [3.05, 3.63) is 23.0 Å². The fraction of sp³-hybridized carbons (Fsp3) is 0.667. The van der Waals surface area contributed by atoms with Gasteiger partial charge in [-0.2, -0.15) is 0 Å². The van der Waals surface area contributed by atoms with Gasteiger partial charge >= 0.3 is 0 Å². The van der Waals surface area contributed by atoms with Crippen molar-refractivity contribution in [2.24, 2.45) is 0 Å². The second-order valence-electron chi connectivity index (χ2n) is 5.66. The quantitative estimate of drug-likeness (QED) is 0.627. The van der Waals surface area contributed by atoms with Crippen LogP contribution < -0.4 is 5.01 Å². The Morgan fingerprint density at radius 3 is 2.42 bits per heavy atom. The summed E-state index contributed by atoms with van der Waals surface area (Å²) in [5, 5.41) is 2.42. The van der Waals surface area contributed by atoms with Crippen LogP contribution >= 0.6 is 11.6 Å². The van der Waals surface area contributed by atoms with Gasteiger partial charge in [-0.25, -0.2) is 0 Å². The van der Waals surface area contributed by atoms with Gasteiger partial charge in [0.15, 0.2) is 5.78 Å². The molecular formula is C15H23ClN2O. The molecule has 1 fully saturated rings. The number of nitrogens with zero attached hydrogens (tertiary/aromatic N) is 2. The number of hydrogen-bond acceptors (Lipinski definition) is 2. The van der Waals surface area contributed by atoms with Gasteiger partial charge in [-0.3, -0.25) is 9.47 Å². The number of rotatable bonds is 3. The Morgan fingerprint density at radius 1 is 1.32 bits per heavy atom. The molecule has 0 radical (unpaired) electrons. The average Bonchev–Trinajstić information content (AvgIpc) is 2.65. The standard InChI is InChI=1S/C15H23ClN2O/c1-10-6-5-7-11(2)17(10)18-12(3)8-14(13(18)4)15(19)9-16/h8,10-11H,5-7,9H2,1-4H3. The molecule has 106 valence electrons. The third-order valence-corrected chi connectivity index (χ3v) is 4.44. The van der Waals surface area contributed by atoms with E-state index in [0.29, 0.717) is 12.1 Å². The van der Waals surface area contributed by atoms with E-state index < -0.39 is 0 Å². The molecule has 3 nitrogen and oxygen atoms in total. The van der Waals surface area contributed by atoms with Crippen molar-refractivity contribution < 1.29 is 4.79 Å². The van der Waals surface area contributed by atoms with E-state index in [9.17, 15) is 4.79 Å². The third kappa shape index (κ3) is 2.53. The van der Waals surface area contributed by atoms with Gasteiger partial charge in [0, 0.05) is 29.0 Å². The van der Waals surface area contributed by atoms with E-state index in [0.717, 1.165) is 17.0 Å². The molecule has 0 N–H and O–H groups in total. The number of alkyl halides is 1. The number of carbonyl (C=O) groups excluding carboxylic acids is 1. The van der Waals surface area contributed by atoms with Gasteiger partial charge in [0.25, 0.3) is 0 Å². The van der Waals surface area contributed by atoms with Crippen molar-refractivity contribution >= 4 is 17.4 Å². The molecule has 1 aromatic heterocycles. The normalized spacial score (nSPS) is 23.7. The van der Waals surface area contributed by atoms with Crippen LogP contribution in [0.5, 0.6) is 0 Å². The number of hydrogen-bond donors (Lipinski definition) is 0. The van der Waals surface area contributed by atoms with Crippen molar-refractivity contribution in [1.29, 1.82) is 0 Å². The first-order valence-corrected chi connectivity index (χ1v) is 7.57. The van der Waals surface area contributed by atoms with E-state index in [1.807, 2.05) is 13.0 Å². The zero-order chi connectivity index (χ0) is 14.2. The minimum absolute atomic E-state index is 0.0123. The molecule has 0 bridgehead atoms. The molecule has 2 atom stereocenters. The van der Waals surface area contributed by atoms with E-state index in [4.69, 9.17) is 11.6 Å². The summed E-state index contributed by atoms with van der Waals surface area (Å²) in [5.41, 5.74) is 2.90. The van der Waals surface area contributed by atoms with E-state index in [1.54, 1.807) is 0 Å². The van der Waals surface area contributed by atoms with E-state index in [-0.39, 0.29) is 11.7 Å². The Labute approximate surface area is 120 Å². The van der Waals surface area contributed by atoms with Gasteiger partial charge in [0.1, 0.15) is 0 Å². The van der Waals surface area contributed by atoms with Crippen molar-refractivity contribution in [3.8, 4) is 0 Å². The Kier molecular flexibility index (Phi) is 4.24. The van der Waals surface area contributed by atoms with Gasteiger partial charge in [0.2, 0.25) is 0 Å². The van der Waals surface area contributed by atoms with E-state index in [1.165, 1.54) is 19.3 Å². The molecule has 0 saturated carbocycles. The highest BCUT2D eigenvalue weighted by Gasteiger charge is 2.28. The van der Waals surface area contributed by atoms with Crippen LogP contribution in [-0.2, 0) is 0 Å². The lowest BCUT2D eigenvalue weighted by atomic mass is 10.00. The number of halogens is 1. The first-order valence-electron chi connectivity index (χ1n) is 7.04. The summed E-state index contributed by atoms with van der Waals surface area (Å²) in [4.78, 5) is 11.9. The molecule has 2 heterocycles. The van der Waals surface area contributed by atoms with Gasteiger partial charge in [0.05, 0.1) is 5.88 Å². The van der Waals surface area contributed by atoms with E-state index >= 15 is 0 Å². The Morgan fingerprint density at radius 2 is 1.89 bits per heavy atom. The highest BCUT2D eigenvalue weighted by Crippen LogP contribution is 2.25. The minimum Gasteiger partial charge on any atom is -0.307 e. The van der Waals surface area contributed by atoms with Crippen LogP contribution in [0.1, 0.15) is 54.9 Å². The smallest absolute Gasteiger partial charge is 0.179 e. The van der Waals surface area contributed by atoms with E-state index in [2.05, 4.69) is 30.5 Å². The summed E-state index contributed by atoms with van der Waals surface area (Å²) in [6.45, 7) is 8.60. The topological polar surface area (TPSA) is 25.2 Å². The Balaban J connectivity index is 2.44. The maximum absolute atomic E-state index is 11.9. The van der Waals surface area contributed by atoms with Crippen LogP contribution in [-0.4, -0.2) is 28.4 Å². The Hall–Kier alpha value is -0.960. The second kappa shape index (κ2) is 5.58. The molecule has 0 spiro atoms. The summed E-state index contributed by atoms with van der Waals surface area (Å²) in [5.74, 6) is 0.0633. The maximum atomic E-state index is 11.9. The lowest BCUT2D eigenvalue weighted by Crippen LogP contribution is -2.51. The van der Waals surface area contributed by atoms with Gasteiger partial charge < -0.3 is 5.01 Å². The fourth-order valence-electron chi connectivity index (χ4n) is 3.26. The van der Waals surface area contributed by atoms with Crippen molar-refractivity contribution in [2.45, 2.75) is 59.0 Å². The van der Waals surface area contributed by atoms with Gasteiger partial charge in [-0.15, -0.1) is 11.6 Å². The molecule has 1 aliphatic rings. The van der Waals surface area contributed by atoms with Crippen LogP contribution in [0.4, 0.5) is 0 Å². The lowest BCUT2D eigenvalue weighted by Gasteiger charge is -2.43. The van der Waals surface area contributed by atoms with Crippen molar-refractivity contribution in [1.82, 2.24) is 4.68 Å². The molecule has 0 amide bonds. The average molecular weight is 283 g/mol. The molecule has 0 aromatic carbocycles. The second-order valence-corrected chi connectivity index (χ2v) is 5.93. The largest absolute Gasteiger partial charge is 0.307 e. The summed E-state index contributed by atoms with van der Waals surface area (Å²) >= 11 is 5.69. The monoisotopic (exact) mass is 282 g/mol. The van der Waals surface area contributed by atoms with Crippen LogP contribution in [0.2, 0.25) is 0 Å². The predicted molar refractivity (Wildman–Crippen MR) is 79.9 cm³/mol. The number of piperidine rings is 1. The number of aryl methyl sites for hydroxylation is 1. The van der Waals surface area contributed by atoms with Gasteiger partial charge in [-0.05, 0) is 53.0 Å². The summed E-state index contributed by atoms with van der Waals surface area (Å²) < 4.78 is 2.22. The molecule has 1 aliphatic heterocycles. The van der Waals surface area contributed by atoms with Crippen molar-refractivity contribution in [2.75, 3.05) is 10.9 Å². The zero-order valence-electron chi connectivity index (χ0n) is 12.2. The highest BCUT2D eigenvalue weighted by molar-refractivity contribution is 6.30. The highest BCUT2D eigenvalue weighted by atomic mass is 35.5. The molecular weight excluding hydrogens is 260 g/mol. The molecule has 2 unspecified atom stereocenters. The maximum Gasteiger partial charge on any atom is 0.179 e. The molecule has 1 saturated heterocycles. The number of carbonyl (C=O) groups is 1. The summed E-state index contributed by atoms with van der Waals surface area (Å²) in [6.07, 6.45) is 3.70. The van der Waals surface area contributed by atoms with Crippen LogP contribution in [0.3, 0.4) is 0 Å². The minimum atomic E-state index is 0.0123.